The molecule has 0 unspecified atom stereocenters. The fraction of sp³-hybridized carbons (Fsp3) is 0. The molecule has 0 radical (unpaired) electrons. The summed E-state index contributed by atoms with van der Waals surface area (Å²) in [7, 11) is 0. The maximum absolute atomic E-state index is 2.52. The molecule has 0 saturated heterocycles. The maximum atomic E-state index is 2.52. The summed E-state index contributed by atoms with van der Waals surface area (Å²) in [6.07, 6.45) is 0. The smallest absolute Gasteiger partial charge is 0.00197 e. The second kappa shape index (κ2) is 13.6. The average molecular weight is 807 g/mol. The van der Waals surface area contributed by atoms with E-state index in [0.29, 0.717) is 0 Å². The van der Waals surface area contributed by atoms with E-state index >= 15 is 0 Å². The van der Waals surface area contributed by atoms with Gasteiger partial charge in [-0.15, -0.1) is 0 Å². The molecule has 14 aromatic carbocycles. The predicted octanol–water partition coefficient (Wildman–Crippen LogP) is 18.1. The van der Waals surface area contributed by atoms with Crippen LogP contribution in [-0.2, 0) is 0 Å². The van der Waals surface area contributed by atoms with E-state index < -0.39 is 0 Å². The molecule has 0 heteroatoms. The van der Waals surface area contributed by atoms with Crippen LogP contribution >= 0.6 is 0 Å². The zero-order valence-electron chi connectivity index (χ0n) is 34.9. The van der Waals surface area contributed by atoms with Gasteiger partial charge in [0.15, 0.2) is 0 Å². The second-order valence-corrected chi connectivity index (χ2v) is 17.5. The zero-order valence-corrected chi connectivity index (χ0v) is 34.9. The summed E-state index contributed by atoms with van der Waals surface area (Å²) in [6.45, 7) is 0. The van der Waals surface area contributed by atoms with Crippen LogP contribution in [0, 0.1) is 0 Å². The number of hydrogen-bond acceptors (Lipinski definition) is 0. The van der Waals surface area contributed by atoms with E-state index in [4.69, 9.17) is 0 Å². The third kappa shape index (κ3) is 5.05. The van der Waals surface area contributed by atoms with Gasteiger partial charge in [0.2, 0.25) is 0 Å². The lowest BCUT2D eigenvalue weighted by molar-refractivity contribution is 1.60. The first-order valence-corrected chi connectivity index (χ1v) is 22.3. The minimum Gasteiger partial charge on any atom is -0.0622 e. The van der Waals surface area contributed by atoms with Gasteiger partial charge in [-0.2, -0.15) is 0 Å². The highest BCUT2D eigenvalue weighted by atomic mass is 14.3. The maximum Gasteiger partial charge on any atom is -0.00197 e. The summed E-state index contributed by atoms with van der Waals surface area (Å²) in [5, 5.41) is 20.5. The van der Waals surface area contributed by atoms with Crippen LogP contribution < -0.4 is 0 Å². The van der Waals surface area contributed by atoms with Crippen LogP contribution in [0.4, 0.5) is 0 Å². The lowest BCUT2D eigenvalue weighted by Gasteiger charge is -2.24. The Morgan fingerprint density at radius 1 is 0.172 bits per heavy atom. The third-order valence-electron chi connectivity index (χ3n) is 14.1. The topological polar surface area (TPSA) is 0 Å². The Bertz CT molecular complexity index is 4130. The van der Waals surface area contributed by atoms with Crippen molar-refractivity contribution in [3.63, 3.8) is 0 Å². The monoisotopic (exact) mass is 806 g/mol. The van der Waals surface area contributed by atoms with Crippen LogP contribution in [0.1, 0.15) is 0 Å². The van der Waals surface area contributed by atoms with Crippen molar-refractivity contribution in [1.29, 1.82) is 0 Å². The summed E-state index contributed by atoms with van der Waals surface area (Å²) >= 11 is 0. The van der Waals surface area contributed by atoms with Gasteiger partial charge in [0.1, 0.15) is 0 Å². The highest BCUT2D eigenvalue weighted by Gasteiger charge is 2.25. The van der Waals surface area contributed by atoms with Crippen LogP contribution in [0.3, 0.4) is 0 Å². The molecule has 0 amide bonds. The molecule has 0 atom stereocenters. The molecule has 14 aromatic rings. The molecule has 64 heavy (non-hydrogen) atoms. The van der Waals surface area contributed by atoms with Gasteiger partial charge in [-0.1, -0.05) is 218 Å². The van der Waals surface area contributed by atoms with Gasteiger partial charge in [0.05, 0.1) is 0 Å². The van der Waals surface area contributed by atoms with Gasteiger partial charge in [-0.3, -0.25) is 0 Å². The number of rotatable bonds is 5. The first-order chi connectivity index (χ1) is 31.8. The highest BCUT2D eigenvalue weighted by Crippen LogP contribution is 2.52. The summed E-state index contributed by atoms with van der Waals surface area (Å²) < 4.78 is 0. The molecule has 0 heterocycles. The molecule has 294 valence electrons. The van der Waals surface area contributed by atoms with Crippen molar-refractivity contribution in [1.82, 2.24) is 0 Å². The highest BCUT2D eigenvalue weighted by molar-refractivity contribution is 6.29. The first kappa shape index (κ1) is 35.3. The zero-order chi connectivity index (χ0) is 41.9. The normalized spacial score (nSPS) is 12.1. The van der Waals surface area contributed by atoms with Crippen LogP contribution in [0.5, 0.6) is 0 Å². The van der Waals surface area contributed by atoms with Gasteiger partial charge in [-0.05, 0) is 154 Å². The van der Waals surface area contributed by atoms with Gasteiger partial charge >= 0.3 is 0 Å². The molecule has 0 saturated carbocycles. The quantitative estimate of drug-likeness (QED) is 0.152. The largest absolute Gasteiger partial charge is 0.0622 e. The average Bonchev–Trinajstić information content (AvgIpc) is 3.37. The van der Waals surface area contributed by atoms with Gasteiger partial charge in [-0.25, -0.2) is 0 Å². The Kier molecular flexibility index (Phi) is 7.49. The number of benzene rings is 14. The van der Waals surface area contributed by atoms with E-state index in [9.17, 15) is 0 Å². The van der Waals surface area contributed by atoms with Crippen molar-refractivity contribution in [3.05, 3.63) is 231 Å². The van der Waals surface area contributed by atoms with Crippen molar-refractivity contribution in [2.24, 2.45) is 0 Å². The SMILES string of the molecule is c1ccc(-c2cc(-c3c(-c4ccc5ccc6cccc7ccc4c5c67)cc(-c4ccccc4)c4ccccc34)c3ccccc3c2-c2ccc3ccc4cccc5ccc2c3c45)cc1. The predicted molar refractivity (Wildman–Crippen MR) is 276 cm³/mol. The number of hydrogen-bond donors (Lipinski definition) is 0. The van der Waals surface area contributed by atoms with Crippen molar-refractivity contribution in [2.75, 3.05) is 0 Å². The van der Waals surface area contributed by atoms with Gasteiger partial charge < -0.3 is 0 Å². The van der Waals surface area contributed by atoms with Gasteiger partial charge in [0.25, 0.3) is 0 Å². The van der Waals surface area contributed by atoms with E-state index in [-0.39, 0.29) is 0 Å². The second-order valence-electron chi connectivity index (χ2n) is 17.5. The van der Waals surface area contributed by atoms with Crippen LogP contribution in [0.2, 0.25) is 0 Å². The molecule has 0 nitrogen and oxygen atoms in total. The molecule has 0 aromatic heterocycles. The molecule has 0 fully saturated rings. The van der Waals surface area contributed by atoms with Crippen LogP contribution in [0.15, 0.2) is 231 Å². The van der Waals surface area contributed by atoms with Crippen molar-refractivity contribution >= 4 is 86.2 Å². The Balaban J connectivity index is 1.15. The lowest BCUT2D eigenvalue weighted by atomic mass is 9.79. The Morgan fingerprint density at radius 3 is 1.09 bits per heavy atom. The van der Waals surface area contributed by atoms with Crippen LogP contribution in [0.25, 0.3) is 142 Å². The third-order valence-corrected chi connectivity index (χ3v) is 14.1. The first-order valence-electron chi connectivity index (χ1n) is 22.3. The fourth-order valence-electron chi connectivity index (χ4n) is 11.4. The van der Waals surface area contributed by atoms with E-state index in [1.54, 1.807) is 0 Å². The molecular formula is C64H38. The molecule has 0 spiro atoms. The molecular weight excluding hydrogens is 769 g/mol. The Hall–Kier alpha value is -8.32. The standard InChI is InChI=1S/C64H38/c1-3-13-39(14-4-1)55-37-57(49-33-29-45-27-25-41-17-11-19-43-30-34-52(49)61(45)59(41)43)64(50-23-9-7-21-47(50)55)58-38-56(40-15-5-2-6-16-40)63(51-24-10-8-22-48(51)58)54-36-32-46-28-26-42-18-12-20-44-31-35-53(54)62(46)60(42)44/h1-38H. The molecule has 14 rings (SSSR count). The summed E-state index contributed by atoms with van der Waals surface area (Å²) in [5.74, 6) is 0. The summed E-state index contributed by atoms with van der Waals surface area (Å²) in [5.41, 5.74) is 12.3. The lowest BCUT2D eigenvalue weighted by Crippen LogP contribution is -1.97. The van der Waals surface area contributed by atoms with Crippen molar-refractivity contribution in [3.8, 4) is 55.6 Å². The minimum atomic E-state index is 1.20. The Morgan fingerprint density at radius 2 is 0.547 bits per heavy atom. The van der Waals surface area contributed by atoms with Gasteiger partial charge in [0, 0.05) is 0 Å². The van der Waals surface area contributed by atoms with Crippen molar-refractivity contribution < 1.29 is 0 Å². The molecule has 0 N–H and O–H groups in total. The number of fused-ring (bicyclic) bond motifs is 2. The molecule has 0 bridgehead atoms. The minimum absolute atomic E-state index is 1.20. The Labute approximate surface area is 370 Å². The fourth-order valence-corrected chi connectivity index (χ4v) is 11.4. The van der Waals surface area contributed by atoms with Crippen molar-refractivity contribution in [2.45, 2.75) is 0 Å². The summed E-state index contributed by atoms with van der Waals surface area (Å²) in [6, 6.07) is 86.5. The van der Waals surface area contributed by atoms with E-state index in [2.05, 4.69) is 231 Å². The molecule has 0 aliphatic heterocycles. The van der Waals surface area contributed by atoms with E-state index in [1.807, 2.05) is 0 Å². The van der Waals surface area contributed by atoms with Crippen LogP contribution in [-0.4, -0.2) is 0 Å². The van der Waals surface area contributed by atoms with E-state index in [0.717, 1.165) is 0 Å². The summed E-state index contributed by atoms with van der Waals surface area (Å²) in [4.78, 5) is 0. The van der Waals surface area contributed by atoms with E-state index in [1.165, 1.54) is 142 Å². The molecule has 0 aliphatic rings. The molecule has 0 aliphatic carbocycles.